The van der Waals surface area contributed by atoms with Crippen LogP contribution in [-0.4, -0.2) is 0 Å². The lowest BCUT2D eigenvalue weighted by Gasteiger charge is -2.36. The van der Waals surface area contributed by atoms with Gasteiger partial charge in [0, 0.05) is 5.41 Å². The van der Waals surface area contributed by atoms with Crippen LogP contribution in [0.15, 0.2) is 97.1 Å². The fourth-order valence-electron chi connectivity index (χ4n) is 5.93. The summed E-state index contributed by atoms with van der Waals surface area (Å²) in [4.78, 5) is 0. The van der Waals surface area contributed by atoms with E-state index in [0.29, 0.717) is 0 Å². The summed E-state index contributed by atoms with van der Waals surface area (Å²) >= 11 is 0. The Hall–Kier alpha value is -3.64. The van der Waals surface area contributed by atoms with Crippen LogP contribution in [0.2, 0.25) is 0 Å². The Morgan fingerprint density at radius 1 is 0.455 bits per heavy atom. The average Bonchev–Trinajstić information content (AvgIpc) is 2.87. The molecule has 0 aliphatic heterocycles. The summed E-state index contributed by atoms with van der Waals surface area (Å²) in [5.41, 5.74) is 5.61. The molecule has 0 heteroatoms. The van der Waals surface area contributed by atoms with Gasteiger partial charge in [-0.15, -0.1) is 0 Å². The molecule has 1 aliphatic carbocycles. The SMILES string of the molecule is CC.CC1(C)c2ccc3c(ccc4ccccc43)c2-c2c3ccccc3cc3cccc1c23. The molecule has 0 amide bonds. The van der Waals surface area contributed by atoms with Crippen molar-refractivity contribution in [2.75, 3.05) is 0 Å². The van der Waals surface area contributed by atoms with E-state index >= 15 is 0 Å². The molecule has 0 radical (unpaired) electrons. The normalized spacial score (nSPS) is 13.7. The van der Waals surface area contributed by atoms with Crippen LogP contribution in [-0.2, 0) is 5.41 Å². The summed E-state index contributed by atoms with van der Waals surface area (Å²) in [6, 6.07) is 36.1. The molecule has 0 nitrogen and oxygen atoms in total. The number of benzene rings is 6. The van der Waals surface area contributed by atoms with E-state index in [0.717, 1.165) is 0 Å². The van der Waals surface area contributed by atoms with Gasteiger partial charge in [0.05, 0.1) is 0 Å². The van der Waals surface area contributed by atoms with Crippen molar-refractivity contribution in [2.45, 2.75) is 33.1 Å². The van der Waals surface area contributed by atoms with Crippen molar-refractivity contribution in [3.8, 4) is 11.1 Å². The first-order chi connectivity index (χ1) is 16.1. The van der Waals surface area contributed by atoms with Crippen LogP contribution < -0.4 is 0 Å². The third kappa shape index (κ3) is 2.64. The highest BCUT2D eigenvalue weighted by atomic mass is 14.4. The highest BCUT2D eigenvalue weighted by Gasteiger charge is 2.35. The van der Waals surface area contributed by atoms with Crippen molar-refractivity contribution >= 4 is 43.1 Å². The maximum absolute atomic E-state index is 2.38. The Labute approximate surface area is 195 Å². The van der Waals surface area contributed by atoms with Gasteiger partial charge >= 0.3 is 0 Å². The van der Waals surface area contributed by atoms with Crippen LogP contribution in [0.25, 0.3) is 54.2 Å². The smallest absolute Gasteiger partial charge is 0.0159 e. The maximum atomic E-state index is 2.38. The molecule has 7 rings (SSSR count). The second-order valence-corrected chi connectivity index (χ2v) is 9.37. The molecular weight excluding hydrogens is 396 g/mol. The summed E-state index contributed by atoms with van der Waals surface area (Å²) in [7, 11) is 0. The van der Waals surface area contributed by atoms with E-state index in [9.17, 15) is 0 Å². The van der Waals surface area contributed by atoms with E-state index in [1.165, 1.54) is 65.3 Å². The van der Waals surface area contributed by atoms with Crippen LogP contribution in [0.4, 0.5) is 0 Å². The second kappa shape index (κ2) is 7.18. The van der Waals surface area contributed by atoms with Crippen molar-refractivity contribution < 1.29 is 0 Å². The standard InChI is InChI=1S/C31H22.C2H6/c1-31(2)26-13-7-10-21-18-20-9-4-6-12-23(20)30(28(21)26)29-25-15-14-19-8-3-5-11-22(19)24(25)16-17-27(29)31;1-2/h3-18H,1-2H3;1-2H3. The predicted octanol–water partition coefficient (Wildman–Crippen LogP) is 9.63. The van der Waals surface area contributed by atoms with Crippen molar-refractivity contribution in [2.24, 2.45) is 0 Å². The highest BCUT2D eigenvalue weighted by Crippen LogP contribution is 2.53. The topological polar surface area (TPSA) is 0 Å². The Kier molecular flexibility index (Phi) is 4.35. The molecule has 0 unspecified atom stereocenters. The number of fused-ring (bicyclic) bond motifs is 8. The van der Waals surface area contributed by atoms with Crippen molar-refractivity contribution in [1.29, 1.82) is 0 Å². The van der Waals surface area contributed by atoms with Gasteiger partial charge in [-0.1, -0.05) is 119 Å². The summed E-state index contributed by atoms with van der Waals surface area (Å²) in [6.07, 6.45) is 0. The van der Waals surface area contributed by atoms with E-state index in [1.807, 2.05) is 13.8 Å². The van der Waals surface area contributed by atoms with Gasteiger partial charge in [-0.2, -0.15) is 0 Å². The quantitative estimate of drug-likeness (QED) is 0.168. The molecule has 1 aliphatic rings. The number of hydrogen-bond donors (Lipinski definition) is 0. The Balaban J connectivity index is 0.00000101. The molecular formula is C33H28. The van der Waals surface area contributed by atoms with Crippen molar-refractivity contribution in [1.82, 2.24) is 0 Å². The summed E-state index contributed by atoms with van der Waals surface area (Å²) in [5, 5.41) is 10.7. The molecule has 0 bridgehead atoms. The van der Waals surface area contributed by atoms with Crippen LogP contribution in [0, 0.1) is 0 Å². The minimum atomic E-state index is -0.0515. The van der Waals surface area contributed by atoms with Gasteiger partial charge in [0.25, 0.3) is 0 Å². The largest absolute Gasteiger partial charge is 0.0683 e. The van der Waals surface area contributed by atoms with E-state index in [2.05, 4.69) is 111 Å². The predicted molar refractivity (Wildman–Crippen MR) is 145 cm³/mol. The average molecular weight is 425 g/mol. The zero-order chi connectivity index (χ0) is 22.7. The van der Waals surface area contributed by atoms with Gasteiger partial charge < -0.3 is 0 Å². The lowest BCUT2D eigenvalue weighted by molar-refractivity contribution is 0.646. The first-order valence-electron chi connectivity index (χ1n) is 12.0. The zero-order valence-corrected chi connectivity index (χ0v) is 19.7. The van der Waals surface area contributed by atoms with Crippen LogP contribution in [0.5, 0.6) is 0 Å². The van der Waals surface area contributed by atoms with Gasteiger partial charge in [0.2, 0.25) is 0 Å². The van der Waals surface area contributed by atoms with E-state index in [1.54, 1.807) is 0 Å². The third-order valence-electron chi connectivity index (χ3n) is 7.41. The number of hydrogen-bond acceptors (Lipinski definition) is 0. The molecule has 33 heavy (non-hydrogen) atoms. The maximum Gasteiger partial charge on any atom is 0.0159 e. The first-order valence-corrected chi connectivity index (χ1v) is 12.0. The van der Waals surface area contributed by atoms with Crippen molar-refractivity contribution in [3.05, 3.63) is 108 Å². The molecule has 6 aromatic carbocycles. The highest BCUT2D eigenvalue weighted by molar-refractivity contribution is 6.22. The molecule has 0 N–H and O–H groups in total. The fourth-order valence-corrected chi connectivity index (χ4v) is 5.93. The Morgan fingerprint density at radius 3 is 1.94 bits per heavy atom. The summed E-state index contributed by atoms with van der Waals surface area (Å²) in [5.74, 6) is 0. The Bertz CT molecular complexity index is 1700. The van der Waals surface area contributed by atoms with Gasteiger partial charge in [-0.3, -0.25) is 0 Å². The van der Waals surface area contributed by atoms with Crippen LogP contribution in [0.3, 0.4) is 0 Å². The molecule has 0 spiro atoms. The lowest BCUT2D eigenvalue weighted by Crippen LogP contribution is -2.24. The van der Waals surface area contributed by atoms with Crippen LogP contribution >= 0.6 is 0 Å². The van der Waals surface area contributed by atoms with Gasteiger partial charge in [-0.05, 0) is 71.4 Å². The minimum Gasteiger partial charge on any atom is -0.0683 e. The molecule has 0 saturated heterocycles. The monoisotopic (exact) mass is 424 g/mol. The zero-order valence-electron chi connectivity index (χ0n) is 19.7. The molecule has 0 atom stereocenters. The van der Waals surface area contributed by atoms with E-state index in [4.69, 9.17) is 0 Å². The van der Waals surface area contributed by atoms with Gasteiger partial charge in [-0.25, -0.2) is 0 Å². The minimum absolute atomic E-state index is 0.0515. The van der Waals surface area contributed by atoms with Gasteiger partial charge in [0.15, 0.2) is 0 Å². The summed E-state index contributed by atoms with van der Waals surface area (Å²) in [6.45, 7) is 8.76. The summed E-state index contributed by atoms with van der Waals surface area (Å²) < 4.78 is 0. The molecule has 0 heterocycles. The van der Waals surface area contributed by atoms with Crippen LogP contribution in [0.1, 0.15) is 38.8 Å². The Morgan fingerprint density at radius 2 is 1.12 bits per heavy atom. The number of rotatable bonds is 0. The first kappa shape index (κ1) is 20.0. The van der Waals surface area contributed by atoms with E-state index in [-0.39, 0.29) is 5.41 Å². The van der Waals surface area contributed by atoms with Gasteiger partial charge in [0.1, 0.15) is 0 Å². The molecule has 0 fully saturated rings. The van der Waals surface area contributed by atoms with Crippen molar-refractivity contribution in [3.63, 3.8) is 0 Å². The fraction of sp³-hybridized carbons (Fsp3) is 0.152. The molecule has 160 valence electrons. The van der Waals surface area contributed by atoms with E-state index < -0.39 is 0 Å². The second-order valence-electron chi connectivity index (χ2n) is 9.37. The molecule has 0 saturated carbocycles. The molecule has 6 aromatic rings. The molecule has 0 aromatic heterocycles. The third-order valence-corrected chi connectivity index (χ3v) is 7.41. The lowest BCUT2D eigenvalue weighted by atomic mass is 9.66.